The predicted octanol–water partition coefficient (Wildman–Crippen LogP) is 0.365. The summed E-state index contributed by atoms with van der Waals surface area (Å²) in [6.45, 7) is 1.86. The van der Waals surface area contributed by atoms with Crippen molar-refractivity contribution in [2.75, 3.05) is 0 Å². The van der Waals surface area contributed by atoms with E-state index in [4.69, 9.17) is 5.73 Å². The SMILES string of the molecule is Cc1cncc2[nH]nc(C(N)=O)c12. The summed E-state index contributed by atoms with van der Waals surface area (Å²) in [5, 5.41) is 7.27. The van der Waals surface area contributed by atoms with Gasteiger partial charge in [-0.05, 0) is 12.5 Å². The van der Waals surface area contributed by atoms with E-state index in [0.29, 0.717) is 0 Å². The first kappa shape index (κ1) is 7.72. The standard InChI is InChI=1S/C8H8N4O/c1-4-2-10-3-5-6(4)7(8(9)13)12-11-5/h2-3H,1H3,(H2,9,13)(H,11,12). The Morgan fingerprint density at radius 1 is 1.54 bits per heavy atom. The Kier molecular flexibility index (Phi) is 1.51. The van der Waals surface area contributed by atoms with Crippen LogP contribution in [-0.4, -0.2) is 21.1 Å². The Hall–Kier alpha value is -1.91. The molecule has 3 N–H and O–H groups in total. The monoisotopic (exact) mass is 176 g/mol. The fourth-order valence-corrected chi connectivity index (χ4v) is 1.31. The minimum Gasteiger partial charge on any atom is -0.364 e. The summed E-state index contributed by atoms with van der Waals surface area (Å²) in [4.78, 5) is 14.9. The summed E-state index contributed by atoms with van der Waals surface area (Å²) in [5.74, 6) is -0.527. The van der Waals surface area contributed by atoms with Crippen LogP contribution in [0.25, 0.3) is 10.9 Å². The third-order valence-corrected chi connectivity index (χ3v) is 1.89. The molecule has 5 heteroatoms. The van der Waals surface area contributed by atoms with E-state index in [1.54, 1.807) is 12.4 Å². The van der Waals surface area contributed by atoms with Gasteiger partial charge in [0.1, 0.15) is 0 Å². The Bertz CT molecular complexity index is 474. The molecule has 5 nitrogen and oxygen atoms in total. The smallest absolute Gasteiger partial charge is 0.269 e. The zero-order valence-electron chi connectivity index (χ0n) is 7.03. The Morgan fingerprint density at radius 2 is 2.31 bits per heavy atom. The highest BCUT2D eigenvalue weighted by Crippen LogP contribution is 2.17. The molecule has 2 aromatic rings. The molecule has 0 unspecified atom stereocenters. The van der Waals surface area contributed by atoms with Crippen LogP contribution in [0.5, 0.6) is 0 Å². The maximum atomic E-state index is 10.9. The molecular weight excluding hydrogens is 168 g/mol. The number of H-pyrrole nitrogens is 1. The van der Waals surface area contributed by atoms with Gasteiger partial charge in [-0.2, -0.15) is 5.10 Å². The molecule has 13 heavy (non-hydrogen) atoms. The van der Waals surface area contributed by atoms with Crippen molar-refractivity contribution < 1.29 is 4.79 Å². The average Bonchev–Trinajstić information content (AvgIpc) is 2.49. The molecule has 0 aliphatic carbocycles. The van der Waals surface area contributed by atoms with E-state index in [9.17, 15) is 4.79 Å². The van der Waals surface area contributed by atoms with Crippen molar-refractivity contribution in [3.05, 3.63) is 23.7 Å². The number of pyridine rings is 1. The van der Waals surface area contributed by atoms with Gasteiger partial charge < -0.3 is 5.73 Å². The number of hydrogen-bond donors (Lipinski definition) is 2. The molecule has 2 heterocycles. The molecule has 66 valence electrons. The van der Waals surface area contributed by atoms with Crippen molar-refractivity contribution in [1.82, 2.24) is 15.2 Å². The molecular formula is C8H8N4O. The number of aromatic nitrogens is 3. The molecule has 0 bridgehead atoms. The molecule has 0 saturated heterocycles. The van der Waals surface area contributed by atoms with Crippen LogP contribution >= 0.6 is 0 Å². The van der Waals surface area contributed by atoms with E-state index in [2.05, 4.69) is 15.2 Å². The van der Waals surface area contributed by atoms with Crippen LogP contribution in [0.4, 0.5) is 0 Å². The largest absolute Gasteiger partial charge is 0.364 e. The summed E-state index contributed by atoms with van der Waals surface area (Å²) in [7, 11) is 0. The van der Waals surface area contributed by atoms with Crippen LogP contribution in [0.1, 0.15) is 16.1 Å². The molecule has 0 fully saturated rings. The fourth-order valence-electron chi connectivity index (χ4n) is 1.31. The van der Waals surface area contributed by atoms with Crippen molar-refractivity contribution in [3.8, 4) is 0 Å². The first-order valence-electron chi connectivity index (χ1n) is 3.78. The number of nitrogens with two attached hydrogens (primary N) is 1. The van der Waals surface area contributed by atoms with Gasteiger partial charge >= 0.3 is 0 Å². The zero-order valence-corrected chi connectivity index (χ0v) is 7.03. The van der Waals surface area contributed by atoms with E-state index >= 15 is 0 Å². The second-order valence-corrected chi connectivity index (χ2v) is 2.82. The summed E-state index contributed by atoms with van der Waals surface area (Å²) in [6, 6.07) is 0. The quantitative estimate of drug-likeness (QED) is 0.658. The summed E-state index contributed by atoms with van der Waals surface area (Å²) in [6.07, 6.45) is 3.28. The topological polar surface area (TPSA) is 84.7 Å². The molecule has 0 atom stereocenters. The summed E-state index contributed by atoms with van der Waals surface area (Å²) in [5.41, 5.74) is 7.04. The van der Waals surface area contributed by atoms with Gasteiger partial charge in [0.15, 0.2) is 5.69 Å². The highest BCUT2D eigenvalue weighted by Gasteiger charge is 2.12. The third-order valence-electron chi connectivity index (χ3n) is 1.89. The van der Waals surface area contributed by atoms with Crippen molar-refractivity contribution >= 4 is 16.8 Å². The van der Waals surface area contributed by atoms with Crippen molar-refractivity contribution in [2.24, 2.45) is 5.73 Å². The van der Waals surface area contributed by atoms with Crippen LogP contribution in [0, 0.1) is 6.92 Å². The first-order chi connectivity index (χ1) is 6.20. The molecule has 2 aromatic heterocycles. The molecule has 0 spiro atoms. The number of primary amides is 1. The van der Waals surface area contributed by atoms with Crippen LogP contribution < -0.4 is 5.73 Å². The lowest BCUT2D eigenvalue weighted by molar-refractivity contribution is 0.0997. The summed E-state index contributed by atoms with van der Waals surface area (Å²) < 4.78 is 0. The maximum absolute atomic E-state index is 10.9. The third kappa shape index (κ3) is 1.05. The van der Waals surface area contributed by atoms with Gasteiger partial charge in [0.05, 0.1) is 11.7 Å². The molecule has 0 saturated carbocycles. The molecule has 1 amide bonds. The summed E-state index contributed by atoms with van der Waals surface area (Å²) >= 11 is 0. The van der Waals surface area contributed by atoms with Crippen molar-refractivity contribution in [2.45, 2.75) is 6.92 Å². The number of aryl methyl sites for hydroxylation is 1. The number of nitrogens with zero attached hydrogens (tertiary/aromatic N) is 2. The zero-order chi connectivity index (χ0) is 9.42. The molecule has 0 aliphatic heterocycles. The number of carbonyl (C=O) groups is 1. The average molecular weight is 176 g/mol. The van der Waals surface area contributed by atoms with E-state index < -0.39 is 5.91 Å². The fraction of sp³-hybridized carbons (Fsp3) is 0.125. The minimum atomic E-state index is -0.527. The Balaban J connectivity index is 2.86. The number of hydrogen-bond acceptors (Lipinski definition) is 3. The highest BCUT2D eigenvalue weighted by atomic mass is 16.1. The van der Waals surface area contributed by atoms with Gasteiger partial charge in [-0.3, -0.25) is 14.9 Å². The Morgan fingerprint density at radius 3 is 3.00 bits per heavy atom. The Labute approximate surface area is 74.0 Å². The van der Waals surface area contributed by atoms with Gasteiger partial charge in [-0.15, -0.1) is 0 Å². The molecule has 2 rings (SSSR count). The van der Waals surface area contributed by atoms with Crippen LogP contribution in [0.3, 0.4) is 0 Å². The van der Waals surface area contributed by atoms with Gasteiger partial charge in [-0.25, -0.2) is 0 Å². The van der Waals surface area contributed by atoms with Gasteiger partial charge in [0.2, 0.25) is 0 Å². The van der Waals surface area contributed by atoms with E-state index in [-0.39, 0.29) is 5.69 Å². The van der Waals surface area contributed by atoms with Gasteiger partial charge in [0.25, 0.3) is 5.91 Å². The lowest BCUT2D eigenvalue weighted by Crippen LogP contribution is -2.12. The molecule has 0 aromatic carbocycles. The second kappa shape index (κ2) is 2.55. The predicted molar refractivity (Wildman–Crippen MR) is 47.1 cm³/mol. The number of fused-ring (bicyclic) bond motifs is 1. The first-order valence-corrected chi connectivity index (χ1v) is 3.78. The van der Waals surface area contributed by atoms with Crippen molar-refractivity contribution in [3.63, 3.8) is 0 Å². The lowest BCUT2D eigenvalue weighted by Gasteiger charge is -1.94. The second-order valence-electron chi connectivity index (χ2n) is 2.82. The number of carbonyl (C=O) groups excluding carboxylic acids is 1. The van der Waals surface area contributed by atoms with Crippen LogP contribution in [0.15, 0.2) is 12.4 Å². The molecule has 0 radical (unpaired) electrons. The van der Waals surface area contributed by atoms with E-state index in [1.807, 2.05) is 6.92 Å². The van der Waals surface area contributed by atoms with Crippen LogP contribution in [0.2, 0.25) is 0 Å². The number of aromatic amines is 1. The number of amides is 1. The highest BCUT2D eigenvalue weighted by molar-refractivity contribution is 6.04. The number of rotatable bonds is 1. The number of nitrogens with one attached hydrogen (secondary N) is 1. The van der Waals surface area contributed by atoms with E-state index in [0.717, 1.165) is 16.5 Å². The van der Waals surface area contributed by atoms with Gasteiger partial charge in [-0.1, -0.05) is 0 Å². The van der Waals surface area contributed by atoms with Gasteiger partial charge in [0, 0.05) is 11.6 Å². The van der Waals surface area contributed by atoms with Crippen molar-refractivity contribution in [1.29, 1.82) is 0 Å². The lowest BCUT2D eigenvalue weighted by atomic mass is 10.1. The van der Waals surface area contributed by atoms with Crippen LogP contribution in [-0.2, 0) is 0 Å². The maximum Gasteiger partial charge on any atom is 0.269 e. The molecule has 0 aliphatic rings. The van der Waals surface area contributed by atoms with E-state index in [1.165, 1.54) is 0 Å². The normalized spacial score (nSPS) is 10.5. The minimum absolute atomic E-state index is 0.273.